The molecule has 6 heteroatoms. The molecule has 30 heavy (non-hydrogen) atoms. The number of amides is 1. The van der Waals surface area contributed by atoms with Gasteiger partial charge in [0.15, 0.2) is 0 Å². The Kier molecular flexibility index (Phi) is 5.99. The molecule has 0 fully saturated rings. The summed E-state index contributed by atoms with van der Waals surface area (Å²) < 4.78 is 15.0. The summed E-state index contributed by atoms with van der Waals surface area (Å²) in [6.45, 7) is 9.76. The Labute approximate surface area is 176 Å². The molecule has 1 heterocycles. The van der Waals surface area contributed by atoms with Crippen LogP contribution in [0.4, 0.5) is 10.1 Å². The predicted octanol–water partition coefficient (Wildman–Crippen LogP) is 4.70. The first-order chi connectivity index (χ1) is 14.0. The number of hydrogen-bond acceptors (Lipinski definition) is 3. The van der Waals surface area contributed by atoms with Crippen molar-refractivity contribution < 1.29 is 19.1 Å². The van der Waals surface area contributed by atoms with E-state index >= 15 is 0 Å². The number of carboxylic acid groups (broad SMARTS) is 1. The van der Waals surface area contributed by atoms with Gasteiger partial charge >= 0.3 is 5.97 Å². The summed E-state index contributed by atoms with van der Waals surface area (Å²) in [6, 6.07) is 8.86. The Morgan fingerprint density at radius 2 is 1.83 bits per heavy atom. The van der Waals surface area contributed by atoms with Crippen molar-refractivity contribution in [2.45, 2.75) is 59.0 Å². The van der Waals surface area contributed by atoms with Crippen molar-refractivity contribution in [2.24, 2.45) is 5.41 Å². The molecule has 3 atom stereocenters. The first-order valence-electron chi connectivity index (χ1n) is 10.1. The molecule has 3 N–H and O–H groups in total. The number of benzene rings is 2. The maximum atomic E-state index is 15.0. The maximum Gasteiger partial charge on any atom is 0.321 e. The fourth-order valence-corrected chi connectivity index (χ4v) is 4.07. The van der Waals surface area contributed by atoms with Crippen LogP contribution in [-0.2, 0) is 9.59 Å². The van der Waals surface area contributed by atoms with Crippen molar-refractivity contribution in [3.63, 3.8) is 0 Å². The lowest BCUT2D eigenvalue weighted by molar-refractivity contribution is -0.142. The van der Waals surface area contributed by atoms with Gasteiger partial charge in [0.05, 0.1) is 5.92 Å². The minimum absolute atomic E-state index is 0.0815. The van der Waals surface area contributed by atoms with Crippen molar-refractivity contribution in [1.82, 2.24) is 5.32 Å². The Morgan fingerprint density at radius 3 is 2.47 bits per heavy atom. The largest absolute Gasteiger partial charge is 0.480 e. The third-order valence-electron chi connectivity index (χ3n) is 5.48. The van der Waals surface area contributed by atoms with Gasteiger partial charge in [-0.15, -0.1) is 0 Å². The van der Waals surface area contributed by atoms with Gasteiger partial charge in [-0.2, -0.15) is 0 Å². The lowest BCUT2D eigenvalue weighted by Gasteiger charge is -2.36. The number of carboxylic acids is 1. The number of carbonyl (C=O) groups is 2. The van der Waals surface area contributed by atoms with Gasteiger partial charge in [0.1, 0.15) is 11.9 Å². The van der Waals surface area contributed by atoms with Crippen molar-refractivity contribution in [3.8, 4) is 0 Å². The average molecular weight is 413 g/mol. The van der Waals surface area contributed by atoms with Gasteiger partial charge in [0, 0.05) is 17.3 Å². The van der Waals surface area contributed by atoms with E-state index in [0.29, 0.717) is 17.7 Å². The molecule has 0 radical (unpaired) electrons. The number of halogens is 1. The van der Waals surface area contributed by atoms with Crippen LogP contribution in [0.1, 0.15) is 61.4 Å². The van der Waals surface area contributed by atoms with Gasteiger partial charge in [-0.25, -0.2) is 4.39 Å². The van der Waals surface area contributed by atoms with Gasteiger partial charge < -0.3 is 10.4 Å². The molecule has 1 unspecified atom stereocenters. The average Bonchev–Trinajstić information content (AvgIpc) is 2.61. The molecule has 0 saturated heterocycles. The predicted molar refractivity (Wildman–Crippen MR) is 115 cm³/mol. The van der Waals surface area contributed by atoms with Crippen molar-refractivity contribution in [3.05, 3.63) is 64.5 Å². The number of carbonyl (C=O) groups excluding carboxylic acids is 1. The molecule has 5 nitrogen and oxygen atoms in total. The third kappa shape index (κ3) is 4.54. The summed E-state index contributed by atoms with van der Waals surface area (Å²) in [5, 5.41) is 16.1. The molecule has 2 aromatic carbocycles. The van der Waals surface area contributed by atoms with Gasteiger partial charge in [-0.05, 0) is 48.4 Å². The van der Waals surface area contributed by atoms with Crippen LogP contribution in [0, 0.1) is 25.1 Å². The van der Waals surface area contributed by atoms with Gasteiger partial charge in [-0.3, -0.25) is 14.9 Å². The van der Waals surface area contributed by atoms with E-state index < -0.39 is 29.7 Å². The van der Waals surface area contributed by atoms with Crippen LogP contribution in [0.25, 0.3) is 0 Å². The summed E-state index contributed by atoms with van der Waals surface area (Å²) in [4.78, 5) is 25.5. The number of anilines is 1. The highest BCUT2D eigenvalue weighted by atomic mass is 19.1. The fraction of sp³-hybridized carbons (Fsp3) is 0.417. The molecule has 1 aliphatic heterocycles. The molecule has 1 aliphatic rings. The summed E-state index contributed by atoms with van der Waals surface area (Å²) in [5.74, 6) is -3.49. The van der Waals surface area contributed by atoms with Crippen LogP contribution in [0.5, 0.6) is 0 Å². The van der Waals surface area contributed by atoms with E-state index in [0.717, 1.165) is 11.1 Å². The van der Waals surface area contributed by atoms with E-state index in [4.69, 9.17) is 0 Å². The normalized spacial score (nSPS) is 21.9. The highest BCUT2D eigenvalue weighted by molar-refractivity contribution is 6.00. The Hall–Kier alpha value is -2.73. The molecular formula is C24H29FN2O3. The monoisotopic (exact) mass is 412 g/mol. The highest BCUT2D eigenvalue weighted by Crippen LogP contribution is 2.38. The number of rotatable bonds is 3. The van der Waals surface area contributed by atoms with Crippen LogP contribution >= 0.6 is 0 Å². The summed E-state index contributed by atoms with van der Waals surface area (Å²) in [7, 11) is 0. The van der Waals surface area contributed by atoms with E-state index in [1.807, 2.05) is 25.1 Å². The molecule has 0 saturated carbocycles. The van der Waals surface area contributed by atoms with E-state index in [2.05, 4.69) is 31.4 Å². The van der Waals surface area contributed by atoms with Gasteiger partial charge in [0.25, 0.3) is 0 Å². The lowest BCUT2D eigenvalue weighted by Crippen LogP contribution is -2.50. The van der Waals surface area contributed by atoms with Crippen LogP contribution in [0.3, 0.4) is 0 Å². The van der Waals surface area contributed by atoms with E-state index in [9.17, 15) is 19.1 Å². The van der Waals surface area contributed by atoms with Crippen molar-refractivity contribution in [1.29, 1.82) is 0 Å². The molecule has 0 aliphatic carbocycles. The molecular weight excluding hydrogens is 383 g/mol. The summed E-state index contributed by atoms with van der Waals surface area (Å²) >= 11 is 0. The Morgan fingerprint density at radius 1 is 1.13 bits per heavy atom. The van der Waals surface area contributed by atoms with E-state index in [1.54, 1.807) is 19.1 Å². The number of aliphatic carboxylic acids is 1. The van der Waals surface area contributed by atoms with Crippen molar-refractivity contribution >= 4 is 17.6 Å². The van der Waals surface area contributed by atoms with E-state index in [-0.39, 0.29) is 17.0 Å². The summed E-state index contributed by atoms with van der Waals surface area (Å²) in [6.07, 6.45) is 0.645. The quantitative estimate of drug-likeness (QED) is 0.683. The second-order valence-electron chi connectivity index (χ2n) is 9.34. The smallest absolute Gasteiger partial charge is 0.321 e. The van der Waals surface area contributed by atoms with Crippen LogP contribution in [-0.4, -0.2) is 23.0 Å². The Bertz CT molecular complexity index is 981. The first-order valence-corrected chi connectivity index (χ1v) is 10.1. The van der Waals surface area contributed by atoms with Crippen LogP contribution in [0.15, 0.2) is 36.4 Å². The number of hydrogen-bond donors (Lipinski definition) is 3. The molecule has 160 valence electrons. The second kappa shape index (κ2) is 8.19. The number of aryl methyl sites for hydroxylation is 2. The van der Waals surface area contributed by atoms with Crippen molar-refractivity contribution in [2.75, 3.05) is 5.32 Å². The first kappa shape index (κ1) is 22.0. The van der Waals surface area contributed by atoms with Crippen LogP contribution in [0.2, 0.25) is 0 Å². The van der Waals surface area contributed by atoms with E-state index in [1.165, 1.54) is 6.07 Å². The minimum atomic E-state index is -1.27. The zero-order valence-electron chi connectivity index (χ0n) is 18.0. The zero-order chi connectivity index (χ0) is 22.2. The molecule has 2 aromatic rings. The summed E-state index contributed by atoms with van der Waals surface area (Å²) in [5.41, 5.74) is 2.78. The van der Waals surface area contributed by atoms with Gasteiger partial charge in [-0.1, -0.05) is 51.1 Å². The maximum absolute atomic E-state index is 15.0. The van der Waals surface area contributed by atoms with Crippen LogP contribution < -0.4 is 10.6 Å². The highest BCUT2D eigenvalue weighted by Gasteiger charge is 2.41. The second-order valence-corrected chi connectivity index (χ2v) is 9.34. The SMILES string of the molecule is Cc1ccc2c(c1)NC(=O)C(c1cccc(C)c1F)[C@H](C(=O)O)N[C@@H]2CC(C)(C)C. The molecule has 1 amide bonds. The lowest BCUT2D eigenvalue weighted by atomic mass is 9.81. The van der Waals surface area contributed by atoms with Gasteiger partial charge in [0.2, 0.25) is 5.91 Å². The third-order valence-corrected chi connectivity index (χ3v) is 5.48. The zero-order valence-corrected chi connectivity index (χ0v) is 18.0. The fourth-order valence-electron chi connectivity index (χ4n) is 4.07. The standard InChI is InChI=1S/C24H29FN2O3/c1-13-9-10-15-17(11-13)27-22(28)19(16-8-6-7-14(2)20(16)25)21(23(29)30)26-18(15)12-24(3,4)5/h6-11,18-19,21,26H,12H2,1-5H3,(H,27,28)(H,29,30)/t18-,19?,21-/m1/s1. The molecule has 0 bridgehead atoms. The number of fused-ring (bicyclic) bond motifs is 1. The number of nitrogens with one attached hydrogen (secondary N) is 2. The molecule has 0 aromatic heterocycles. The molecule has 3 rings (SSSR count). The Balaban J connectivity index is 2.18. The molecule has 0 spiro atoms. The minimum Gasteiger partial charge on any atom is -0.480 e. The topological polar surface area (TPSA) is 78.4 Å².